The standard InChI is InChI=1S/C18H15Cl3N4S/c1-11-5-2-3-8-16(11)22-18(26)23-17-15(21)10-25(24-17)9-12-13(19)6-4-7-14(12)20/h2-8,10H,9H2,1H3,(H2,22,23,24,26). The molecule has 0 unspecified atom stereocenters. The average Bonchev–Trinajstić information content (AvgIpc) is 2.93. The van der Waals surface area contributed by atoms with E-state index in [1.165, 1.54) is 0 Å². The normalized spacial score (nSPS) is 10.6. The van der Waals surface area contributed by atoms with Gasteiger partial charge in [0.15, 0.2) is 10.9 Å². The van der Waals surface area contributed by atoms with Crippen LogP contribution in [0.25, 0.3) is 0 Å². The van der Waals surface area contributed by atoms with E-state index in [4.69, 9.17) is 47.0 Å². The topological polar surface area (TPSA) is 41.9 Å². The predicted molar refractivity (Wildman–Crippen MR) is 114 cm³/mol. The first-order chi connectivity index (χ1) is 12.4. The highest BCUT2D eigenvalue weighted by Crippen LogP contribution is 2.27. The first-order valence-corrected chi connectivity index (χ1v) is 9.27. The second-order valence-corrected chi connectivity index (χ2v) is 7.25. The van der Waals surface area contributed by atoms with Crippen LogP contribution < -0.4 is 10.6 Å². The second-order valence-electron chi connectivity index (χ2n) is 5.62. The van der Waals surface area contributed by atoms with Crippen molar-refractivity contribution in [1.82, 2.24) is 9.78 Å². The zero-order valence-corrected chi connectivity index (χ0v) is 16.8. The van der Waals surface area contributed by atoms with Gasteiger partial charge >= 0.3 is 0 Å². The molecular weight excluding hydrogens is 411 g/mol. The Morgan fingerprint density at radius 1 is 1.00 bits per heavy atom. The molecule has 4 nitrogen and oxygen atoms in total. The van der Waals surface area contributed by atoms with Crippen molar-refractivity contribution in [3.8, 4) is 0 Å². The van der Waals surface area contributed by atoms with Gasteiger partial charge in [-0.3, -0.25) is 4.68 Å². The highest BCUT2D eigenvalue weighted by atomic mass is 35.5. The van der Waals surface area contributed by atoms with Crippen molar-refractivity contribution in [3.63, 3.8) is 0 Å². The zero-order chi connectivity index (χ0) is 18.7. The smallest absolute Gasteiger partial charge is 0.176 e. The quantitative estimate of drug-likeness (QED) is 0.502. The van der Waals surface area contributed by atoms with Crippen LogP contribution >= 0.6 is 47.0 Å². The fourth-order valence-electron chi connectivity index (χ4n) is 2.38. The lowest BCUT2D eigenvalue weighted by Gasteiger charge is -2.11. The molecule has 0 aliphatic heterocycles. The molecule has 1 heterocycles. The van der Waals surface area contributed by atoms with Crippen molar-refractivity contribution in [2.75, 3.05) is 10.6 Å². The average molecular weight is 426 g/mol. The molecule has 0 atom stereocenters. The molecule has 8 heteroatoms. The van der Waals surface area contributed by atoms with Gasteiger partial charge in [-0.15, -0.1) is 0 Å². The van der Waals surface area contributed by atoms with E-state index in [2.05, 4.69) is 15.7 Å². The van der Waals surface area contributed by atoms with Gasteiger partial charge in [0.1, 0.15) is 5.02 Å². The number of aryl methyl sites for hydroxylation is 1. The van der Waals surface area contributed by atoms with Crippen LogP contribution in [0.2, 0.25) is 15.1 Å². The van der Waals surface area contributed by atoms with Gasteiger partial charge in [0, 0.05) is 27.5 Å². The zero-order valence-electron chi connectivity index (χ0n) is 13.8. The van der Waals surface area contributed by atoms with E-state index in [0.29, 0.717) is 32.5 Å². The Morgan fingerprint density at radius 2 is 1.69 bits per heavy atom. The molecule has 0 fully saturated rings. The van der Waals surface area contributed by atoms with E-state index in [1.807, 2.05) is 31.2 Å². The molecule has 0 radical (unpaired) electrons. The van der Waals surface area contributed by atoms with E-state index < -0.39 is 0 Å². The highest BCUT2D eigenvalue weighted by Gasteiger charge is 2.12. The number of rotatable bonds is 4. The number of nitrogens with one attached hydrogen (secondary N) is 2. The Bertz CT molecular complexity index is 935. The summed E-state index contributed by atoms with van der Waals surface area (Å²) in [5.74, 6) is 0.459. The third-order valence-corrected chi connectivity index (χ3v) is 4.91. The summed E-state index contributed by atoms with van der Waals surface area (Å²) >= 11 is 24.0. The molecule has 2 N–H and O–H groups in total. The summed E-state index contributed by atoms with van der Waals surface area (Å²) in [4.78, 5) is 0. The van der Waals surface area contributed by atoms with Crippen LogP contribution in [-0.2, 0) is 6.54 Å². The number of halogens is 3. The molecule has 0 aliphatic carbocycles. The van der Waals surface area contributed by atoms with Gasteiger partial charge in [-0.05, 0) is 42.9 Å². The Labute approximate surface area is 172 Å². The molecule has 1 aromatic heterocycles. The van der Waals surface area contributed by atoms with E-state index in [9.17, 15) is 0 Å². The minimum Gasteiger partial charge on any atom is -0.332 e. The largest absolute Gasteiger partial charge is 0.332 e. The van der Waals surface area contributed by atoms with Crippen LogP contribution in [0.1, 0.15) is 11.1 Å². The number of para-hydroxylation sites is 1. The van der Waals surface area contributed by atoms with Crippen LogP contribution in [0, 0.1) is 6.92 Å². The fourth-order valence-corrected chi connectivity index (χ4v) is 3.30. The molecule has 2 aromatic carbocycles. The maximum atomic E-state index is 6.27. The Balaban J connectivity index is 1.72. The first-order valence-electron chi connectivity index (χ1n) is 7.73. The number of hydrogen-bond donors (Lipinski definition) is 2. The van der Waals surface area contributed by atoms with Gasteiger partial charge in [0.2, 0.25) is 0 Å². The maximum absolute atomic E-state index is 6.27. The van der Waals surface area contributed by atoms with Crippen LogP contribution in [0.5, 0.6) is 0 Å². The third kappa shape index (κ3) is 4.48. The molecule has 0 spiro atoms. The fraction of sp³-hybridized carbons (Fsp3) is 0.111. The predicted octanol–water partition coefficient (Wildman–Crippen LogP) is 6.01. The minimum absolute atomic E-state index is 0.401. The molecule has 134 valence electrons. The lowest BCUT2D eigenvalue weighted by atomic mass is 10.2. The van der Waals surface area contributed by atoms with Crippen molar-refractivity contribution in [3.05, 3.63) is 74.9 Å². The van der Waals surface area contributed by atoms with E-state index in [0.717, 1.165) is 16.8 Å². The lowest BCUT2D eigenvalue weighted by molar-refractivity contribution is 0.690. The molecule has 3 aromatic rings. The summed E-state index contributed by atoms with van der Waals surface area (Å²) in [5.41, 5.74) is 2.78. The molecule has 0 aliphatic rings. The van der Waals surface area contributed by atoms with Crippen LogP contribution in [0.4, 0.5) is 11.5 Å². The Morgan fingerprint density at radius 3 is 2.38 bits per heavy atom. The highest BCUT2D eigenvalue weighted by molar-refractivity contribution is 7.80. The van der Waals surface area contributed by atoms with Gasteiger partial charge < -0.3 is 10.6 Å². The van der Waals surface area contributed by atoms with E-state index >= 15 is 0 Å². The minimum atomic E-state index is 0.401. The summed E-state index contributed by atoms with van der Waals surface area (Å²) in [7, 11) is 0. The van der Waals surface area contributed by atoms with E-state index in [1.54, 1.807) is 29.1 Å². The van der Waals surface area contributed by atoms with Gasteiger partial charge in [-0.25, -0.2) is 0 Å². The van der Waals surface area contributed by atoms with Crippen LogP contribution in [-0.4, -0.2) is 14.9 Å². The summed E-state index contributed by atoms with van der Waals surface area (Å²) in [6, 6.07) is 13.2. The van der Waals surface area contributed by atoms with Gasteiger partial charge in [0.25, 0.3) is 0 Å². The summed E-state index contributed by atoms with van der Waals surface area (Å²) in [5, 5.41) is 12.6. The number of anilines is 2. The molecule has 0 amide bonds. The monoisotopic (exact) mass is 424 g/mol. The van der Waals surface area contributed by atoms with Gasteiger partial charge in [-0.1, -0.05) is 59.1 Å². The SMILES string of the molecule is Cc1ccccc1NC(=S)Nc1nn(Cc2c(Cl)cccc2Cl)cc1Cl. The molecule has 0 bridgehead atoms. The van der Waals surface area contributed by atoms with Crippen molar-refractivity contribution in [2.45, 2.75) is 13.5 Å². The van der Waals surface area contributed by atoms with Crippen molar-refractivity contribution in [2.24, 2.45) is 0 Å². The number of thiocarbonyl (C=S) groups is 1. The number of benzene rings is 2. The van der Waals surface area contributed by atoms with Crippen molar-refractivity contribution in [1.29, 1.82) is 0 Å². The number of hydrogen-bond acceptors (Lipinski definition) is 2. The number of aromatic nitrogens is 2. The number of nitrogens with zero attached hydrogens (tertiary/aromatic N) is 2. The second kappa shape index (κ2) is 8.27. The van der Waals surface area contributed by atoms with Gasteiger partial charge in [0.05, 0.1) is 6.54 Å². The van der Waals surface area contributed by atoms with Crippen molar-refractivity contribution >= 4 is 63.6 Å². The molecule has 26 heavy (non-hydrogen) atoms. The Kier molecular flexibility index (Phi) is 6.04. The molecule has 0 saturated heterocycles. The van der Waals surface area contributed by atoms with Crippen molar-refractivity contribution < 1.29 is 0 Å². The molecular formula is C18H15Cl3N4S. The first kappa shape index (κ1) is 19.0. The maximum Gasteiger partial charge on any atom is 0.176 e. The third-order valence-electron chi connectivity index (χ3n) is 3.72. The lowest BCUT2D eigenvalue weighted by Crippen LogP contribution is -2.20. The van der Waals surface area contributed by atoms with E-state index in [-0.39, 0.29) is 0 Å². The Hall–Kier alpha value is -1.79. The van der Waals surface area contributed by atoms with Crippen LogP contribution in [0.15, 0.2) is 48.7 Å². The summed E-state index contributed by atoms with van der Waals surface area (Å²) in [6.07, 6.45) is 1.69. The molecule has 0 saturated carbocycles. The van der Waals surface area contributed by atoms with Gasteiger partial charge in [-0.2, -0.15) is 5.10 Å². The summed E-state index contributed by atoms with van der Waals surface area (Å²) < 4.78 is 1.66. The summed E-state index contributed by atoms with van der Waals surface area (Å²) in [6.45, 7) is 2.40. The van der Waals surface area contributed by atoms with Crippen LogP contribution in [0.3, 0.4) is 0 Å². The molecule has 3 rings (SSSR count).